The molecule has 5 rings (SSSR count). The highest BCUT2D eigenvalue weighted by Gasteiger charge is 2.34. The Kier molecular flexibility index (Phi) is 11.5. The van der Waals surface area contributed by atoms with Crippen molar-refractivity contribution in [3.63, 3.8) is 0 Å². The van der Waals surface area contributed by atoms with E-state index in [4.69, 9.17) is 26.4 Å². The Hall–Kier alpha value is -5.63. The second-order valence-corrected chi connectivity index (χ2v) is 12.0. The van der Waals surface area contributed by atoms with Gasteiger partial charge in [-0.15, -0.1) is 0 Å². The van der Waals surface area contributed by atoms with Crippen LogP contribution in [0, 0.1) is 11.3 Å². The number of methoxy groups -OCH3 is 2. The van der Waals surface area contributed by atoms with Crippen molar-refractivity contribution < 1.29 is 19.1 Å². The van der Waals surface area contributed by atoms with Gasteiger partial charge in [0.15, 0.2) is 5.75 Å². The van der Waals surface area contributed by atoms with Crippen molar-refractivity contribution in [1.82, 2.24) is 19.8 Å². The summed E-state index contributed by atoms with van der Waals surface area (Å²) in [5, 5.41) is 8.79. The van der Waals surface area contributed by atoms with Crippen LogP contribution in [0.2, 0.25) is 0 Å². The number of amides is 2. The number of nitrogens with one attached hydrogen (secondary N) is 1. The maximum Gasteiger partial charge on any atom is 0.257 e. The largest absolute Gasteiger partial charge is 0.491 e. The summed E-state index contributed by atoms with van der Waals surface area (Å²) in [5.41, 5.74) is 16.1. The number of rotatable bonds is 12. The molecule has 0 radical (unpaired) electrons. The minimum atomic E-state index is -0.290. The molecule has 262 valence electrons. The van der Waals surface area contributed by atoms with Gasteiger partial charge < -0.3 is 25.8 Å². The molecule has 0 spiro atoms. The lowest BCUT2D eigenvalue weighted by Gasteiger charge is -2.29. The first-order valence-corrected chi connectivity index (χ1v) is 16.5. The molecule has 50 heavy (non-hydrogen) atoms. The average Bonchev–Trinajstić information content (AvgIpc) is 3.62. The summed E-state index contributed by atoms with van der Waals surface area (Å²) in [7, 11) is 4.62. The summed E-state index contributed by atoms with van der Waals surface area (Å²) in [6, 6.07) is 14.5. The molecule has 14 heteroatoms. The molecule has 3 aromatic rings. The molecular weight excluding hydrogens is 636 g/mol. The lowest BCUT2D eigenvalue weighted by Crippen LogP contribution is -2.42. The first-order valence-electron chi connectivity index (χ1n) is 16.5. The molecule has 2 aromatic heterocycles. The van der Waals surface area contributed by atoms with Crippen LogP contribution in [-0.2, 0) is 9.59 Å². The fourth-order valence-electron chi connectivity index (χ4n) is 6.13. The van der Waals surface area contributed by atoms with Crippen LogP contribution in [0.3, 0.4) is 0 Å². The minimum absolute atomic E-state index is 0.00858. The number of nitrogens with two attached hydrogens (primary N) is 2. The van der Waals surface area contributed by atoms with Crippen LogP contribution < -0.4 is 25.8 Å². The highest BCUT2D eigenvalue weighted by Crippen LogP contribution is 2.28. The lowest BCUT2D eigenvalue weighted by molar-refractivity contribution is -0.132. The Labute approximate surface area is 292 Å². The van der Waals surface area contributed by atoms with Gasteiger partial charge in [0.05, 0.1) is 38.1 Å². The van der Waals surface area contributed by atoms with Crippen molar-refractivity contribution in [3.05, 3.63) is 77.1 Å². The van der Waals surface area contributed by atoms with E-state index < -0.39 is 0 Å². The number of pyridine rings is 2. The van der Waals surface area contributed by atoms with Gasteiger partial charge in [-0.25, -0.2) is 15.0 Å². The maximum absolute atomic E-state index is 13.8. The summed E-state index contributed by atoms with van der Waals surface area (Å²) in [6.07, 6.45) is 4.90. The molecule has 2 aliphatic heterocycles. The molecule has 5 N–H and O–H groups in total. The zero-order valence-electron chi connectivity index (χ0n) is 28.9. The van der Waals surface area contributed by atoms with Gasteiger partial charge in [0, 0.05) is 38.8 Å². The summed E-state index contributed by atoms with van der Waals surface area (Å²) in [4.78, 5) is 49.5. The topological polar surface area (TPSA) is 189 Å². The van der Waals surface area contributed by atoms with E-state index in [1.165, 1.54) is 26.1 Å². The highest BCUT2D eigenvalue weighted by molar-refractivity contribution is 6.12. The first kappa shape index (κ1) is 35.7. The van der Waals surface area contributed by atoms with E-state index in [0.717, 1.165) is 17.5 Å². The normalized spacial score (nSPS) is 16.7. The molecule has 2 amide bonds. The monoisotopic (exact) mass is 680 g/mol. The Morgan fingerprint density at radius 2 is 1.86 bits per heavy atom. The molecule has 14 nitrogen and oxygen atoms in total. The summed E-state index contributed by atoms with van der Waals surface area (Å²) < 4.78 is 10.5. The number of nitrogen functional groups attached to an aromatic ring is 1. The SMILES string of the molecule is CCN(C(=O)[C@@H]1CCN(CC(=O)N2CC=C(c3ccc(C(N)=NC=NC)cc3)CC2)C1)c1ccc(N)c(C(=N)c2ccc(OC)c(OC)n2)n1. The molecule has 0 aliphatic carbocycles. The van der Waals surface area contributed by atoms with E-state index >= 15 is 0 Å². The Bertz CT molecular complexity index is 1820. The molecule has 1 atom stereocenters. The molecular formula is C36H44N10O4. The molecule has 0 saturated carbocycles. The molecule has 1 fully saturated rings. The maximum atomic E-state index is 13.8. The van der Waals surface area contributed by atoms with E-state index in [1.54, 1.807) is 36.2 Å². The van der Waals surface area contributed by atoms with Crippen LogP contribution in [0.4, 0.5) is 11.5 Å². The van der Waals surface area contributed by atoms with Crippen molar-refractivity contribution in [2.75, 3.05) is 71.2 Å². The van der Waals surface area contributed by atoms with E-state index in [0.29, 0.717) is 62.2 Å². The molecule has 2 aliphatic rings. The van der Waals surface area contributed by atoms with Crippen molar-refractivity contribution in [1.29, 1.82) is 5.41 Å². The molecule has 4 heterocycles. The highest BCUT2D eigenvalue weighted by atomic mass is 16.5. The third-order valence-electron chi connectivity index (χ3n) is 8.91. The van der Waals surface area contributed by atoms with Crippen molar-refractivity contribution >= 4 is 46.8 Å². The summed E-state index contributed by atoms with van der Waals surface area (Å²) in [6.45, 7) is 4.80. The Morgan fingerprint density at radius 1 is 1.08 bits per heavy atom. The standard InChI is InChI=1S/C36H44N10O4/c1-5-46(30-13-10-27(37)33(43-30)32(38)28-11-12-29(49-3)35(42-28)50-4)36(48)26-14-17-44(20-26)21-31(47)45-18-15-24(16-19-45)23-6-8-25(9-7-23)34(39)41-22-40-2/h6-13,15,22,26,38H,5,14,16-21,37H2,1-4H3,(H2,39,40,41)/t26-/m1/s1. The lowest BCUT2D eigenvalue weighted by atomic mass is 9.98. The second kappa shape index (κ2) is 16.2. The minimum Gasteiger partial charge on any atom is -0.491 e. The summed E-state index contributed by atoms with van der Waals surface area (Å²) >= 11 is 0. The molecule has 1 saturated heterocycles. The fraction of sp³-hybridized carbons (Fsp3) is 0.361. The fourth-order valence-corrected chi connectivity index (χ4v) is 6.13. The molecule has 0 unspecified atom stereocenters. The average molecular weight is 681 g/mol. The number of aromatic nitrogens is 2. The van der Waals surface area contributed by atoms with Crippen LogP contribution in [0.1, 0.15) is 42.3 Å². The van der Waals surface area contributed by atoms with E-state index in [1.807, 2.05) is 41.0 Å². The van der Waals surface area contributed by atoms with E-state index in [2.05, 4.69) is 26.0 Å². The number of carbonyl (C=O) groups excluding carboxylic acids is 2. The Balaban J connectivity index is 1.18. The van der Waals surface area contributed by atoms with Gasteiger partial charge in [-0.05, 0) is 61.7 Å². The quantitative estimate of drug-likeness (QED) is 0.191. The van der Waals surface area contributed by atoms with Gasteiger partial charge in [-0.1, -0.05) is 30.3 Å². The van der Waals surface area contributed by atoms with Crippen LogP contribution >= 0.6 is 0 Å². The Morgan fingerprint density at radius 3 is 2.52 bits per heavy atom. The van der Waals surface area contributed by atoms with Gasteiger partial charge in [0.25, 0.3) is 5.88 Å². The number of carbonyl (C=O) groups is 2. The van der Waals surface area contributed by atoms with E-state index in [-0.39, 0.29) is 47.3 Å². The van der Waals surface area contributed by atoms with E-state index in [9.17, 15) is 9.59 Å². The predicted octanol–water partition coefficient (Wildman–Crippen LogP) is 2.85. The van der Waals surface area contributed by atoms with Crippen LogP contribution in [-0.4, -0.2) is 110 Å². The molecule has 0 bridgehead atoms. The number of benzene rings is 1. The third kappa shape index (κ3) is 7.97. The number of hydrogen-bond acceptors (Lipinski definition) is 10. The zero-order valence-corrected chi connectivity index (χ0v) is 28.9. The predicted molar refractivity (Wildman–Crippen MR) is 195 cm³/mol. The van der Waals surface area contributed by atoms with Crippen molar-refractivity contribution in [3.8, 4) is 11.6 Å². The smallest absolute Gasteiger partial charge is 0.257 e. The van der Waals surface area contributed by atoms with Gasteiger partial charge in [-0.3, -0.25) is 29.8 Å². The third-order valence-corrected chi connectivity index (χ3v) is 8.91. The number of amidine groups is 1. The van der Waals surface area contributed by atoms with Crippen molar-refractivity contribution in [2.45, 2.75) is 19.8 Å². The number of nitrogens with zero attached hydrogens (tertiary/aromatic N) is 7. The van der Waals surface area contributed by atoms with Crippen LogP contribution in [0.25, 0.3) is 5.57 Å². The van der Waals surface area contributed by atoms with Crippen LogP contribution in [0.15, 0.2) is 64.6 Å². The first-order chi connectivity index (χ1) is 24.2. The number of ether oxygens (including phenoxy) is 2. The second-order valence-electron chi connectivity index (χ2n) is 12.0. The summed E-state index contributed by atoms with van der Waals surface area (Å²) in [5.74, 6) is 1.15. The van der Waals surface area contributed by atoms with Gasteiger partial charge in [-0.2, -0.15) is 0 Å². The van der Waals surface area contributed by atoms with Crippen molar-refractivity contribution in [2.24, 2.45) is 21.6 Å². The molecule has 1 aromatic carbocycles. The number of likely N-dealkylation sites (tertiary alicyclic amines) is 1. The number of anilines is 2. The van der Waals surface area contributed by atoms with Gasteiger partial charge in [0.1, 0.15) is 29.4 Å². The number of hydrogen-bond donors (Lipinski definition) is 3. The zero-order chi connectivity index (χ0) is 35.8. The van der Waals surface area contributed by atoms with Gasteiger partial charge in [0.2, 0.25) is 11.8 Å². The van der Waals surface area contributed by atoms with Crippen LogP contribution in [0.5, 0.6) is 11.6 Å². The van der Waals surface area contributed by atoms with Gasteiger partial charge >= 0.3 is 0 Å². The number of aliphatic imine (C=N–C) groups is 2.